The molecule has 2 aliphatic heterocycles. The van der Waals surface area contributed by atoms with Crippen molar-refractivity contribution in [3.63, 3.8) is 0 Å². The van der Waals surface area contributed by atoms with Gasteiger partial charge in [0.15, 0.2) is 0 Å². The number of hydrogen-bond donors (Lipinski definition) is 1. The zero-order chi connectivity index (χ0) is 20.7. The van der Waals surface area contributed by atoms with E-state index in [1.54, 1.807) is 6.20 Å². The molecular formula is C19H14F3N7O. The number of allylic oxidation sites excluding steroid dienone is 2. The molecule has 0 amide bonds. The summed E-state index contributed by atoms with van der Waals surface area (Å²) in [7, 11) is 0. The minimum Gasteiger partial charge on any atom is -0.415 e. The van der Waals surface area contributed by atoms with Crippen LogP contribution in [0.25, 0.3) is 17.0 Å². The highest BCUT2D eigenvalue weighted by atomic mass is 19.3. The van der Waals surface area contributed by atoms with Crippen molar-refractivity contribution in [2.45, 2.75) is 19.1 Å². The van der Waals surface area contributed by atoms with Gasteiger partial charge in [-0.2, -0.15) is 8.78 Å². The Kier molecular flexibility index (Phi) is 4.34. The Balaban J connectivity index is 1.32. The van der Waals surface area contributed by atoms with Crippen molar-refractivity contribution in [1.29, 1.82) is 0 Å². The monoisotopic (exact) mass is 413 g/mol. The van der Waals surface area contributed by atoms with Gasteiger partial charge in [0.1, 0.15) is 17.7 Å². The molecule has 4 heterocycles. The maximum atomic E-state index is 14.6. The molecule has 2 aromatic heterocycles. The van der Waals surface area contributed by atoms with Crippen molar-refractivity contribution in [3.8, 4) is 11.5 Å². The Bertz CT molecular complexity index is 1180. The van der Waals surface area contributed by atoms with Crippen LogP contribution in [0.2, 0.25) is 0 Å². The fraction of sp³-hybridized carbons (Fsp3) is 0.158. The first-order valence-electron chi connectivity index (χ1n) is 8.98. The summed E-state index contributed by atoms with van der Waals surface area (Å²) in [4.78, 5) is 2.01. The molecule has 11 heteroatoms. The summed E-state index contributed by atoms with van der Waals surface area (Å²) in [6.07, 6.45) is 8.56. The molecule has 30 heavy (non-hydrogen) atoms. The molecule has 1 atom stereocenters. The van der Waals surface area contributed by atoms with E-state index in [0.29, 0.717) is 11.3 Å². The molecule has 5 rings (SSSR count). The van der Waals surface area contributed by atoms with E-state index in [0.717, 1.165) is 11.6 Å². The zero-order valence-corrected chi connectivity index (χ0v) is 15.3. The second kappa shape index (κ2) is 7.17. The minimum absolute atomic E-state index is 0.0374. The van der Waals surface area contributed by atoms with Crippen molar-refractivity contribution in [2.75, 3.05) is 0 Å². The smallest absolute Gasteiger partial charge is 0.314 e. The van der Waals surface area contributed by atoms with Gasteiger partial charge < -0.3 is 14.6 Å². The van der Waals surface area contributed by atoms with E-state index in [9.17, 15) is 13.2 Å². The Hall–Kier alpha value is -3.89. The molecule has 1 N–H and O–H groups in total. The molecular weight excluding hydrogens is 399 g/mol. The Labute approximate surface area is 168 Å². The highest BCUT2D eigenvalue weighted by molar-refractivity contribution is 5.72. The standard InChI is InChI=1S/C19H14F3N7O/c20-14-7-12(18-25-26-19(30-18)17(21)22)1-2-13(14)9-29-10-15(24-27-29)11-3-5-28-6-4-23-16(28)8-11/h1-8,10,16-17,23H,9H2. The van der Waals surface area contributed by atoms with Crippen molar-refractivity contribution in [3.05, 3.63) is 78.1 Å². The average molecular weight is 413 g/mol. The predicted molar refractivity (Wildman–Crippen MR) is 98.8 cm³/mol. The molecule has 1 aromatic carbocycles. The van der Waals surface area contributed by atoms with Crippen LogP contribution in [0.3, 0.4) is 0 Å². The Morgan fingerprint density at radius 3 is 2.87 bits per heavy atom. The van der Waals surface area contributed by atoms with Crippen LogP contribution in [0, 0.1) is 5.82 Å². The van der Waals surface area contributed by atoms with E-state index < -0.39 is 18.1 Å². The van der Waals surface area contributed by atoms with Gasteiger partial charge in [0.05, 0.1) is 12.7 Å². The van der Waals surface area contributed by atoms with E-state index in [-0.39, 0.29) is 24.2 Å². The van der Waals surface area contributed by atoms with Crippen LogP contribution in [0.5, 0.6) is 0 Å². The highest BCUT2D eigenvalue weighted by Gasteiger charge is 2.20. The minimum atomic E-state index is -2.88. The van der Waals surface area contributed by atoms with Crippen molar-refractivity contribution >= 4 is 5.57 Å². The molecule has 0 aliphatic carbocycles. The third-order valence-electron chi connectivity index (χ3n) is 4.69. The van der Waals surface area contributed by atoms with Gasteiger partial charge in [-0.3, -0.25) is 0 Å². The lowest BCUT2D eigenvalue weighted by Crippen LogP contribution is -2.31. The van der Waals surface area contributed by atoms with E-state index in [1.807, 2.05) is 35.7 Å². The lowest BCUT2D eigenvalue weighted by Gasteiger charge is -2.22. The molecule has 0 spiro atoms. The number of rotatable bonds is 5. The molecule has 2 aliphatic rings. The molecule has 152 valence electrons. The second-order valence-electron chi connectivity index (χ2n) is 6.67. The van der Waals surface area contributed by atoms with Crippen LogP contribution in [0.4, 0.5) is 13.2 Å². The van der Waals surface area contributed by atoms with E-state index in [1.165, 1.54) is 16.8 Å². The van der Waals surface area contributed by atoms with E-state index >= 15 is 0 Å². The predicted octanol–water partition coefficient (Wildman–Crippen LogP) is 3.07. The molecule has 0 saturated carbocycles. The van der Waals surface area contributed by atoms with Crippen molar-refractivity contribution in [2.24, 2.45) is 0 Å². The Morgan fingerprint density at radius 1 is 1.17 bits per heavy atom. The number of hydrogen-bond acceptors (Lipinski definition) is 7. The number of nitrogens with zero attached hydrogens (tertiary/aromatic N) is 6. The van der Waals surface area contributed by atoms with Gasteiger partial charge >= 0.3 is 6.43 Å². The summed E-state index contributed by atoms with van der Waals surface area (Å²) in [5.74, 6) is -1.52. The van der Waals surface area contributed by atoms with Gasteiger partial charge in [0.25, 0.3) is 5.89 Å². The lowest BCUT2D eigenvalue weighted by atomic mass is 10.1. The second-order valence-corrected chi connectivity index (χ2v) is 6.67. The maximum Gasteiger partial charge on any atom is 0.314 e. The van der Waals surface area contributed by atoms with Gasteiger partial charge in [-0.15, -0.1) is 15.3 Å². The van der Waals surface area contributed by atoms with Gasteiger partial charge in [0.2, 0.25) is 5.89 Å². The molecule has 8 nitrogen and oxygen atoms in total. The average Bonchev–Trinajstić information content (AvgIpc) is 3.49. The number of alkyl halides is 2. The largest absolute Gasteiger partial charge is 0.415 e. The Morgan fingerprint density at radius 2 is 2.07 bits per heavy atom. The molecule has 0 fully saturated rings. The molecule has 1 unspecified atom stereocenters. The summed E-state index contributed by atoms with van der Waals surface area (Å²) in [5, 5.41) is 18.2. The highest BCUT2D eigenvalue weighted by Crippen LogP contribution is 2.26. The van der Waals surface area contributed by atoms with Crippen LogP contribution in [0.15, 0.2) is 59.6 Å². The normalized spacial score (nSPS) is 17.4. The van der Waals surface area contributed by atoms with Crippen LogP contribution in [-0.4, -0.2) is 36.3 Å². The molecule has 3 aromatic rings. The third kappa shape index (κ3) is 3.34. The van der Waals surface area contributed by atoms with Crippen LogP contribution < -0.4 is 5.32 Å². The quantitative estimate of drug-likeness (QED) is 0.688. The number of nitrogens with one attached hydrogen (secondary N) is 1. The SMILES string of the molecule is Fc1cc(-c2nnc(C(F)F)o2)ccc1Cn1cc(C2=CC3NC=CN3C=C2)nn1. The fourth-order valence-electron chi connectivity index (χ4n) is 3.18. The van der Waals surface area contributed by atoms with Crippen LogP contribution >= 0.6 is 0 Å². The zero-order valence-electron chi connectivity index (χ0n) is 15.3. The van der Waals surface area contributed by atoms with E-state index in [2.05, 4.69) is 25.8 Å². The first kappa shape index (κ1) is 18.2. The van der Waals surface area contributed by atoms with Gasteiger partial charge in [0, 0.05) is 35.3 Å². The topological polar surface area (TPSA) is 84.9 Å². The lowest BCUT2D eigenvalue weighted by molar-refractivity contribution is 0.116. The van der Waals surface area contributed by atoms with E-state index in [4.69, 9.17) is 4.42 Å². The van der Waals surface area contributed by atoms with Gasteiger partial charge in [-0.25, -0.2) is 9.07 Å². The van der Waals surface area contributed by atoms with Gasteiger partial charge in [-0.05, 0) is 24.3 Å². The summed E-state index contributed by atoms with van der Waals surface area (Å²) in [5.41, 5.74) is 2.14. The number of aromatic nitrogens is 5. The number of fused-ring (bicyclic) bond motifs is 1. The number of benzene rings is 1. The molecule has 0 saturated heterocycles. The number of halogens is 3. The summed E-state index contributed by atoms with van der Waals surface area (Å²) in [6.45, 7) is 0.150. The first-order valence-corrected chi connectivity index (χ1v) is 8.98. The maximum absolute atomic E-state index is 14.6. The van der Waals surface area contributed by atoms with Gasteiger partial charge in [-0.1, -0.05) is 11.3 Å². The fourth-order valence-corrected chi connectivity index (χ4v) is 3.18. The van der Waals surface area contributed by atoms with Crippen molar-refractivity contribution in [1.82, 2.24) is 35.4 Å². The summed E-state index contributed by atoms with van der Waals surface area (Å²) < 4.78 is 46.1. The molecule has 0 radical (unpaired) electrons. The van der Waals surface area contributed by atoms with Crippen LogP contribution in [-0.2, 0) is 6.54 Å². The van der Waals surface area contributed by atoms with Crippen molar-refractivity contribution < 1.29 is 17.6 Å². The first-order chi connectivity index (χ1) is 14.6. The summed E-state index contributed by atoms with van der Waals surface area (Å²) >= 11 is 0. The summed E-state index contributed by atoms with van der Waals surface area (Å²) in [6, 6.07) is 4.21. The van der Waals surface area contributed by atoms with Crippen LogP contribution in [0.1, 0.15) is 23.6 Å². The third-order valence-corrected chi connectivity index (χ3v) is 4.69. The molecule has 0 bridgehead atoms.